The number of fused-ring (bicyclic) bond motifs is 10. The van der Waals surface area contributed by atoms with Crippen LogP contribution in [0.5, 0.6) is 0 Å². The van der Waals surface area contributed by atoms with Gasteiger partial charge in [-0.05, 0) is 73.8 Å². The Bertz CT molecular complexity index is 1740. The summed E-state index contributed by atoms with van der Waals surface area (Å²) in [6.07, 6.45) is 0. The zero-order chi connectivity index (χ0) is 24.4. The van der Waals surface area contributed by atoms with E-state index < -0.39 is 11.2 Å². The lowest BCUT2D eigenvalue weighted by Gasteiger charge is -2.30. The fourth-order valence-electron chi connectivity index (χ4n) is 6.21. The molecule has 0 aliphatic heterocycles. The first kappa shape index (κ1) is 20.4. The standard InChI is InChI=1S/C33H17FN2/c1-36-31-18-21(16-22(19-35)32(31)34)20-14-15-26-25-10-4-7-13-29(25)33(30(26)17-20)27-11-5-2-8-23(27)24-9-3-6-12-28(24)33/h2-18H. The van der Waals surface area contributed by atoms with Gasteiger partial charge in [-0.2, -0.15) is 5.26 Å². The highest BCUT2D eigenvalue weighted by Crippen LogP contribution is 2.62. The maximum absolute atomic E-state index is 14.5. The first-order chi connectivity index (χ1) is 17.7. The summed E-state index contributed by atoms with van der Waals surface area (Å²) in [6, 6.07) is 37.0. The zero-order valence-electron chi connectivity index (χ0n) is 19.1. The smallest absolute Gasteiger partial charge is 0.224 e. The third kappa shape index (κ3) is 2.42. The van der Waals surface area contributed by atoms with Crippen LogP contribution in [-0.4, -0.2) is 0 Å². The van der Waals surface area contributed by atoms with Gasteiger partial charge < -0.3 is 0 Å². The highest BCUT2D eigenvalue weighted by molar-refractivity contribution is 5.96. The molecule has 0 fully saturated rings. The van der Waals surface area contributed by atoms with Gasteiger partial charge in [0.25, 0.3) is 0 Å². The second-order valence-electron chi connectivity index (χ2n) is 9.23. The minimum atomic E-state index is -0.764. The van der Waals surface area contributed by atoms with E-state index in [-0.39, 0.29) is 11.3 Å². The lowest BCUT2D eigenvalue weighted by atomic mass is 9.70. The topological polar surface area (TPSA) is 28.1 Å². The Morgan fingerprint density at radius 2 is 1.17 bits per heavy atom. The van der Waals surface area contributed by atoms with Crippen molar-refractivity contribution in [1.29, 1.82) is 5.26 Å². The second-order valence-corrected chi connectivity index (χ2v) is 9.23. The third-order valence-electron chi connectivity index (χ3n) is 7.62. The van der Waals surface area contributed by atoms with Crippen LogP contribution in [0.4, 0.5) is 10.1 Å². The molecule has 1 spiro atoms. The Hall–Kier alpha value is -4.99. The second kappa shape index (κ2) is 7.25. The maximum atomic E-state index is 14.5. The van der Waals surface area contributed by atoms with Crippen LogP contribution in [0, 0.1) is 23.7 Å². The molecular weight excluding hydrogens is 443 g/mol. The Morgan fingerprint density at radius 1 is 0.639 bits per heavy atom. The van der Waals surface area contributed by atoms with Crippen molar-refractivity contribution in [3.8, 4) is 39.4 Å². The van der Waals surface area contributed by atoms with Gasteiger partial charge >= 0.3 is 0 Å². The highest BCUT2D eigenvalue weighted by Gasteiger charge is 2.51. The van der Waals surface area contributed by atoms with Crippen molar-refractivity contribution < 1.29 is 4.39 Å². The van der Waals surface area contributed by atoms with E-state index in [1.807, 2.05) is 12.1 Å². The average Bonchev–Trinajstić information content (AvgIpc) is 3.40. The third-order valence-corrected chi connectivity index (χ3v) is 7.62. The van der Waals surface area contributed by atoms with Crippen LogP contribution in [-0.2, 0) is 5.41 Å². The number of hydrogen-bond donors (Lipinski definition) is 0. The number of hydrogen-bond acceptors (Lipinski definition) is 1. The van der Waals surface area contributed by atoms with Crippen LogP contribution >= 0.6 is 0 Å². The Morgan fingerprint density at radius 3 is 1.69 bits per heavy atom. The molecule has 0 N–H and O–H groups in total. The highest BCUT2D eigenvalue weighted by atomic mass is 19.1. The molecule has 2 nitrogen and oxygen atoms in total. The summed E-state index contributed by atoms with van der Waals surface area (Å²) < 4.78 is 14.5. The van der Waals surface area contributed by atoms with Crippen molar-refractivity contribution in [2.75, 3.05) is 0 Å². The maximum Gasteiger partial charge on any atom is 0.224 e. The van der Waals surface area contributed by atoms with E-state index >= 15 is 0 Å². The predicted molar refractivity (Wildman–Crippen MR) is 139 cm³/mol. The molecule has 36 heavy (non-hydrogen) atoms. The predicted octanol–water partition coefficient (Wildman–Crippen LogP) is 8.26. The first-order valence-corrected chi connectivity index (χ1v) is 11.7. The van der Waals surface area contributed by atoms with Crippen molar-refractivity contribution in [2.24, 2.45) is 0 Å². The van der Waals surface area contributed by atoms with Gasteiger partial charge in [0, 0.05) is 0 Å². The molecule has 0 aromatic heterocycles. The molecule has 2 aliphatic rings. The van der Waals surface area contributed by atoms with E-state index in [4.69, 9.17) is 6.57 Å². The van der Waals surface area contributed by atoms with E-state index in [0.717, 1.165) is 16.7 Å². The van der Waals surface area contributed by atoms with Gasteiger partial charge in [-0.1, -0.05) is 84.9 Å². The van der Waals surface area contributed by atoms with Gasteiger partial charge in [0.1, 0.15) is 11.9 Å². The molecule has 0 atom stereocenters. The van der Waals surface area contributed by atoms with Crippen LogP contribution in [0.25, 0.3) is 38.2 Å². The minimum Gasteiger partial charge on any atom is -0.235 e. The van der Waals surface area contributed by atoms with Gasteiger partial charge in [0.2, 0.25) is 5.69 Å². The molecule has 0 saturated carbocycles. The summed E-state index contributed by atoms with van der Waals surface area (Å²) >= 11 is 0. The number of nitrogens with zero attached hydrogens (tertiary/aromatic N) is 2. The molecule has 5 aromatic carbocycles. The van der Waals surface area contributed by atoms with E-state index in [1.54, 1.807) is 0 Å². The van der Waals surface area contributed by atoms with E-state index in [0.29, 0.717) is 5.56 Å². The Labute approximate surface area is 208 Å². The van der Waals surface area contributed by atoms with Crippen LogP contribution in [0.1, 0.15) is 27.8 Å². The SMILES string of the molecule is [C-]#[N+]c1cc(-c2ccc3c(c2)C2(c4ccccc4-c4ccccc42)c2ccccc2-3)cc(C#N)c1F. The number of nitriles is 1. The number of halogens is 1. The summed E-state index contributed by atoms with van der Waals surface area (Å²) in [7, 11) is 0. The van der Waals surface area contributed by atoms with Crippen LogP contribution in [0.15, 0.2) is 103 Å². The number of benzene rings is 5. The Balaban J connectivity index is 1.59. The molecule has 3 heteroatoms. The van der Waals surface area contributed by atoms with Crippen molar-refractivity contribution in [3.63, 3.8) is 0 Å². The molecular formula is C33H17FN2. The summed E-state index contributed by atoms with van der Waals surface area (Å²) in [5, 5.41) is 9.48. The van der Waals surface area contributed by atoms with Crippen LogP contribution < -0.4 is 0 Å². The van der Waals surface area contributed by atoms with E-state index in [9.17, 15) is 9.65 Å². The molecule has 5 aromatic rings. The van der Waals surface area contributed by atoms with E-state index in [2.05, 4.69) is 89.8 Å². The molecule has 0 amide bonds. The summed E-state index contributed by atoms with van der Waals surface area (Å²) in [4.78, 5) is 3.32. The zero-order valence-corrected chi connectivity index (χ0v) is 19.1. The van der Waals surface area contributed by atoms with Gasteiger partial charge in [-0.25, -0.2) is 9.24 Å². The number of rotatable bonds is 1. The molecule has 2 aliphatic carbocycles. The van der Waals surface area contributed by atoms with E-state index in [1.165, 1.54) is 45.5 Å². The summed E-state index contributed by atoms with van der Waals surface area (Å²) in [5.41, 5.74) is 10.5. The Kier molecular flexibility index (Phi) is 4.11. The van der Waals surface area contributed by atoms with Gasteiger partial charge in [0.05, 0.1) is 17.6 Å². The van der Waals surface area contributed by atoms with Crippen molar-refractivity contribution in [2.45, 2.75) is 5.41 Å². The van der Waals surface area contributed by atoms with Crippen LogP contribution in [0.3, 0.4) is 0 Å². The van der Waals surface area contributed by atoms with Crippen LogP contribution in [0.2, 0.25) is 0 Å². The quantitative estimate of drug-likeness (QED) is 0.227. The summed E-state index contributed by atoms with van der Waals surface area (Å²) in [5.74, 6) is -0.764. The van der Waals surface area contributed by atoms with Gasteiger partial charge in [-0.15, -0.1) is 0 Å². The summed E-state index contributed by atoms with van der Waals surface area (Å²) in [6.45, 7) is 7.39. The fraction of sp³-hybridized carbons (Fsp3) is 0.0303. The van der Waals surface area contributed by atoms with Crippen molar-refractivity contribution in [1.82, 2.24) is 0 Å². The van der Waals surface area contributed by atoms with Crippen molar-refractivity contribution >= 4 is 5.69 Å². The molecule has 0 heterocycles. The minimum absolute atomic E-state index is 0.117. The molecule has 0 radical (unpaired) electrons. The molecule has 166 valence electrons. The molecule has 0 saturated heterocycles. The fourth-order valence-corrected chi connectivity index (χ4v) is 6.21. The lowest BCUT2D eigenvalue weighted by Crippen LogP contribution is -2.25. The molecule has 7 rings (SSSR count). The largest absolute Gasteiger partial charge is 0.235 e. The normalized spacial score (nSPS) is 13.3. The monoisotopic (exact) mass is 460 g/mol. The molecule has 0 bridgehead atoms. The first-order valence-electron chi connectivity index (χ1n) is 11.7. The van der Waals surface area contributed by atoms with Crippen molar-refractivity contribution in [3.05, 3.63) is 148 Å². The average molecular weight is 461 g/mol. The van der Waals surface area contributed by atoms with Gasteiger partial charge in [0.15, 0.2) is 0 Å². The van der Waals surface area contributed by atoms with Gasteiger partial charge in [-0.3, -0.25) is 0 Å². The molecule has 0 unspecified atom stereocenters. The lowest BCUT2D eigenvalue weighted by molar-refractivity contribution is 0.630.